The average Bonchev–Trinajstić information content (AvgIpc) is 3.63. The highest BCUT2D eigenvalue weighted by Crippen LogP contribution is 2.24. The van der Waals surface area contributed by atoms with Crippen molar-refractivity contribution >= 4 is 16.7 Å². The molecule has 0 aliphatic rings. The molecule has 1 amide bonds. The maximum atomic E-state index is 12.9. The molecule has 6 heteroatoms. The van der Waals surface area contributed by atoms with Crippen molar-refractivity contribution in [1.82, 2.24) is 15.1 Å². The third-order valence-corrected chi connectivity index (χ3v) is 6.28. The van der Waals surface area contributed by atoms with Crippen molar-refractivity contribution in [2.75, 3.05) is 0 Å². The largest absolute Gasteiger partial charge is 0.486 e. The van der Waals surface area contributed by atoms with Gasteiger partial charge in [-0.3, -0.25) is 4.79 Å². The van der Waals surface area contributed by atoms with Crippen molar-refractivity contribution in [3.63, 3.8) is 0 Å². The zero-order valence-electron chi connectivity index (χ0n) is 20.6. The molecular weight excluding hydrogens is 474 g/mol. The van der Waals surface area contributed by atoms with Gasteiger partial charge >= 0.3 is 0 Å². The molecule has 0 aliphatic heterocycles. The van der Waals surface area contributed by atoms with Gasteiger partial charge in [0.25, 0.3) is 5.91 Å². The van der Waals surface area contributed by atoms with Gasteiger partial charge in [0, 0.05) is 23.9 Å². The number of amides is 1. The van der Waals surface area contributed by atoms with Crippen LogP contribution in [0, 0.1) is 0 Å². The van der Waals surface area contributed by atoms with Crippen molar-refractivity contribution in [3.8, 4) is 22.7 Å². The Morgan fingerprint density at radius 3 is 2.37 bits per heavy atom. The van der Waals surface area contributed by atoms with Crippen molar-refractivity contribution < 1.29 is 13.9 Å². The summed E-state index contributed by atoms with van der Waals surface area (Å²) in [5, 5.41) is 10.0. The van der Waals surface area contributed by atoms with Crippen LogP contribution in [0.1, 0.15) is 21.9 Å². The minimum atomic E-state index is -0.298. The van der Waals surface area contributed by atoms with Gasteiger partial charge in [0.1, 0.15) is 18.1 Å². The second kappa shape index (κ2) is 10.5. The zero-order chi connectivity index (χ0) is 25.7. The third-order valence-electron chi connectivity index (χ3n) is 6.28. The highest BCUT2D eigenvalue weighted by molar-refractivity contribution is 5.91. The summed E-state index contributed by atoms with van der Waals surface area (Å²) in [6, 6.07) is 37.3. The van der Waals surface area contributed by atoms with Crippen LogP contribution < -0.4 is 10.1 Å². The summed E-state index contributed by atoms with van der Waals surface area (Å²) in [4.78, 5) is 12.9. The van der Waals surface area contributed by atoms with E-state index in [0.717, 1.165) is 39.0 Å². The summed E-state index contributed by atoms with van der Waals surface area (Å²) >= 11 is 0. The van der Waals surface area contributed by atoms with Crippen LogP contribution in [0.3, 0.4) is 0 Å². The number of carbonyl (C=O) groups excluding carboxylic acids is 1. The quantitative estimate of drug-likeness (QED) is 0.250. The first kappa shape index (κ1) is 23.3. The predicted octanol–water partition coefficient (Wildman–Crippen LogP) is 6.79. The van der Waals surface area contributed by atoms with E-state index in [-0.39, 0.29) is 18.3 Å². The van der Waals surface area contributed by atoms with E-state index in [1.54, 1.807) is 12.1 Å². The lowest BCUT2D eigenvalue weighted by molar-refractivity contribution is 0.0919. The highest BCUT2D eigenvalue weighted by atomic mass is 16.5. The molecule has 38 heavy (non-hydrogen) atoms. The Balaban J connectivity index is 1.14. The number of hydrogen-bond donors (Lipinski definition) is 1. The van der Waals surface area contributed by atoms with Crippen LogP contribution in [0.4, 0.5) is 0 Å². The molecule has 0 bridgehead atoms. The lowest BCUT2D eigenvalue weighted by atomic mass is 10.1. The minimum Gasteiger partial charge on any atom is -0.486 e. The van der Waals surface area contributed by atoms with Crippen LogP contribution in [-0.4, -0.2) is 15.7 Å². The molecule has 186 valence electrons. The molecule has 0 spiro atoms. The van der Waals surface area contributed by atoms with E-state index >= 15 is 0 Å². The topological polar surface area (TPSA) is 69.3 Å². The zero-order valence-corrected chi connectivity index (χ0v) is 20.6. The van der Waals surface area contributed by atoms with Gasteiger partial charge in [-0.15, -0.1) is 0 Å². The summed E-state index contributed by atoms with van der Waals surface area (Å²) in [6.45, 7) is 0.535. The van der Waals surface area contributed by atoms with Gasteiger partial charge in [0.15, 0.2) is 5.76 Å². The summed E-state index contributed by atoms with van der Waals surface area (Å²) < 4.78 is 13.5. The summed E-state index contributed by atoms with van der Waals surface area (Å²) in [5.41, 5.74) is 3.65. The molecule has 0 saturated heterocycles. The first-order valence-corrected chi connectivity index (χ1v) is 12.4. The molecule has 6 aromatic rings. The molecule has 6 nitrogen and oxygen atoms in total. The van der Waals surface area contributed by atoms with E-state index in [1.165, 1.54) is 0 Å². The van der Waals surface area contributed by atoms with E-state index in [4.69, 9.17) is 14.3 Å². The Kier molecular flexibility index (Phi) is 6.43. The van der Waals surface area contributed by atoms with Crippen LogP contribution in [0.2, 0.25) is 0 Å². The van der Waals surface area contributed by atoms with Crippen LogP contribution in [0.15, 0.2) is 126 Å². The van der Waals surface area contributed by atoms with Crippen LogP contribution in [0.5, 0.6) is 5.75 Å². The van der Waals surface area contributed by atoms with Crippen molar-refractivity contribution in [2.45, 2.75) is 13.2 Å². The van der Waals surface area contributed by atoms with Crippen LogP contribution in [0.25, 0.3) is 27.7 Å². The highest BCUT2D eigenvalue weighted by Gasteiger charge is 2.16. The normalized spacial score (nSPS) is 10.9. The van der Waals surface area contributed by atoms with Crippen molar-refractivity contribution in [2.24, 2.45) is 0 Å². The minimum absolute atomic E-state index is 0.230. The van der Waals surface area contributed by atoms with Gasteiger partial charge in [-0.2, -0.15) is 5.10 Å². The van der Waals surface area contributed by atoms with Gasteiger partial charge in [-0.25, -0.2) is 4.68 Å². The second-order valence-corrected chi connectivity index (χ2v) is 8.90. The molecule has 2 aromatic heterocycles. The molecule has 0 radical (unpaired) electrons. The third kappa shape index (κ3) is 5.06. The summed E-state index contributed by atoms with van der Waals surface area (Å²) in [5.74, 6) is 1.26. The maximum Gasteiger partial charge on any atom is 0.287 e. The molecular formula is C32H25N3O3. The number of carbonyl (C=O) groups is 1. The lowest BCUT2D eigenvalue weighted by Crippen LogP contribution is -2.22. The fourth-order valence-corrected chi connectivity index (χ4v) is 4.34. The fourth-order valence-electron chi connectivity index (χ4n) is 4.34. The van der Waals surface area contributed by atoms with E-state index in [2.05, 4.69) is 11.4 Å². The molecule has 0 aliphatic carbocycles. The summed E-state index contributed by atoms with van der Waals surface area (Å²) in [7, 11) is 0. The number of furan rings is 1. The van der Waals surface area contributed by atoms with Gasteiger partial charge < -0.3 is 14.5 Å². The number of aromatic nitrogens is 2. The van der Waals surface area contributed by atoms with E-state index in [9.17, 15) is 4.79 Å². The molecule has 4 aromatic carbocycles. The predicted molar refractivity (Wildman–Crippen MR) is 147 cm³/mol. The Bertz CT molecular complexity index is 1690. The lowest BCUT2D eigenvalue weighted by Gasteiger charge is -2.06. The first-order valence-electron chi connectivity index (χ1n) is 12.4. The molecule has 0 fully saturated rings. The van der Waals surface area contributed by atoms with Gasteiger partial charge in [0.05, 0.1) is 11.4 Å². The molecule has 0 saturated carbocycles. The van der Waals surface area contributed by atoms with E-state index < -0.39 is 0 Å². The number of rotatable bonds is 8. The fraction of sp³-hybridized carbons (Fsp3) is 0.0625. The number of para-hydroxylation sites is 1. The molecule has 6 rings (SSSR count). The van der Waals surface area contributed by atoms with Crippen molar-refractivity contribution in [3.05, 3.63) is 139 Å². The summed E-state index contributed by atoms with van der Waals surface area (Å²) in [6.07, 6.45) is 1.95. The number of fused-ring (bicyclic) bond motifs is 1. The standard InChI is InChI=1S/C32H25N3O3/c36-32(30-18-17-29(38-30)22-37-28-16-15-23-9-7-8-12-25(23)19-28)33-20-26-21-35(27-13-5-2-6-14-27)34-31(26)24-10-3-1-4-11-24/h1-19,21H,20,22H2,(H,33,36). The number of ether oxygens (including phenoxy) is 1. The Hall–Kier alpha value is -5.10. The monoisotopic (exact) mass is 499 g/mol. The molecule has 1 N–H and O–H groups in total. The maximum absolute atomic E-state index is 12.9. The Morgan fingerprint density at radius 1 is 0.816 bits per heavy atom. The Labute approximate surface area is 220 Å². The molecule has 0 atom stereocenters. The average molecular weight is 500 g/mol. The first-order chi connectivity index (χ1) is 18.7. The van der Waals surface area contributed by atoms with Crippen molar-refractivity contribution in [1.29, 1.82) is 0 Å². The van der Waals surface area contributed by atoms with Gasteiger partial charge in [-0.1, -0.05) is 78.9 Å². The van der Waals surface area contributed by atoms with Crippen LogP contribution in [-0.2, 0) is 13.2 Å². The molecule has 0 unspecified atom stereocenters. The Morgan fingerprint density at radius 2 is 1.55 bits per heavy atom. The number of benzene rings is 4. The smallest absolute Gasteiger partial charge is 0.287 e. The number of hydrogen-bond acceptors (Lipinski definition) is 4. The van der Waals surface area contributed by atoms with Crippen LogP contribution >= 0.6 is 0 Å². The number of nitrogens with zero attached hydrogens (tertiary/aromatic N) is 2. The van der Waals surface area contributed by atoms with E-state index in [0.29, 0.717) is 12.3 Å². The second-order valence-electron chi connectivity index (χ2n) is 8.90. The van der Waals surface area contributed by atoms with E-state index in [1.807, 2.05) is 108 Å². The number of nitrogens with one attached hydrogen (secondary N) is 1. The molecule has 2 heterocycles. The van der Waals surface area contributed by atoms with Gasteiger partial charge in [-0.05, 0) is 47.2 Å². The van der Waals surface area contributed by atoms with Gasteiger partial charge in [0.2, 0.25) is 0 Å². The SMILES string of the molecule is O=C(NCc1cn(-c2ccccc2)nc1-c1ccccc1)c1ccc(COc2ccc3ccccc3c2)o1.